The standard InChI is InChI=1S/C23H44O4Si2/c1-17-19(13-14-25-18(2)24)15-20(26-28(9,10)22(3,4)5)16-21(17)27-29(11,12)23(6,7)8/h13,20-21H,1,14-16H2,2-12H3/b19-13+/t20-,21-/m0/s1. The van der Waals surface area contributed by atoms with Gasteiger partial charge in [0, 0.05) is 13.3 Å². The van der Waals surface area contributed by atoms with E-state index in [0.29, 0.717) is 0 Å². The maximum atomic E-state index is 11.2. The second-order valence-corrected chi connectivity index (χ2v) is 20.9. The number of carbonyl (C=O) groups excluding carboxylic acids is 1. The van der Waals surface area contributed by atoms with Crippen LogP contribution < -0.4 is 0 Å². The van der Waals surface area contributed by atoms with Gasteiger partial charge in [0.2, 0.25) is 0 Å². The lowest BCUT2D eigenvalue weighted by Crippen LogP contribution is -2.49. The highest BCUT2D eigenvalue weighted by atomic mass is 28.4. The third-order valence-electron chi connectivity index (χ3n) is 6.85. The molecule has 0 aliphatic heterocycles. The predicted molar refractivity (Wildman–Crippen MR) is 127 cm³/mol. The Hall–Kier alpha value is -0.696. The number of hydrogen-bond acceptors (Lipinski definition) is 4. The van der Waals surface area contributed by atoms with Crippen molar-refractivity contribution in [1.29, 1.82) is 0 Å². The van der Waals surface area contributed by atoms with E-state index < -0.39 is 16.6 Å². The minimum absolute atomic E-state index is 0.0528. The summed E-state index contributed by atoms with van der Waals surface area (Å²) in [6.07, 6.45) is 3.65. The summed E-state index contributed by atoms with van der Waals surface area (Å²) in [4.78, 5) is 11.2. The molecule has 1 aliphatic carbocycles. The molecular formula is C23H44O4Si2. The summed E-state index contributed by atoms with van der Waals surface area (Å²) in [5, 5.41) is 0.279. The second-order valence-electron chi connectivity index (χ2n) is 11.4. The van der Waals surface area contributed by atoms with Crippen LogP contribution in [0.4, 0.5) is 0 Å². The van der Waals surface area contributed by atoms with Gasteiger partial charge in [-0.1, -0.05) is 48.1 Å². The highest BCUT2D eigenvalue weighted by molar-refractivity contribution is 6.74. The van der Waals surface area contributed by atoms with Gasteiger partial charge in [-0.05, 0) is 59.9 Å². The molecule has 1 rings (SSSR count). The van der Waals surface area contributed by atoms with Crippen molar-refractivity contribution in [2.75, 3.05) is 6.61 Å². The van der Waals surface area contributed by atoms with Gasteiger partial charge < -0.3 is 13.6 Å². The first-order chi connectivity index (χ1) is 12.9. The summed E-state index contributed by atoms with van der Waals surface area (Å²) in [6, 6.07) is 0. The fourth-order valence-electron chi connectivity index (χ4n) is 2.86. The third kappa shape index (κ3) is 7.19. The SMILES string of the molecule is C=C1/C(=C/COC(C)=O)C[C@H](O[Si](C)(C)C(C)(C)C)C[C@@H]1O[Si](C)(C)C(C)(C)C. The van der Waals surface area contributed by atoms with E-state index in [4.69, 9.17) is 13.6 Å². The molecule has 1 fully saturated rings. The monoisotopic (exact) mass is 440 g/mol. The van der Waals surface area contributed by atoms with Crippen LogP contribution in [0.1, 0.15) is 61.3 Å². The normalized spacial score (nSPS) is 23.4. The van der Waals surface area contributed by atoms with Crippen LogP contribution in [0.15, 0.2) is 23.8 Å². The Bertz CT molecular complexity index is 636. The molecule has 1 saturated carbocycles. The maximum Gasteiger partial charge on any atom is 0.302 e. The topological polar surface area (TPSA) is 44.8 Å². The van der Waals surface area contributed by atoms with Crippen molar-refractivity contribution in [2.45, 2.75) is 110 Å². The zero-order valence-electron chi connectivity index (χ0n) is 20.7. The summed E-state index contributed by atoms with van der Waals surface area (Å²) in [5.41, 5.74) is 2.11. The van der Waals surface area contributed by atoms with E-state index >= 15 is 0 Å². The highest BCUT2D eigenvalue weighted by Gasteiger charge is 2.44. The molecule has 4 nitrogen and oxygen atoms in total. The molecule has 0 saturated heterocycles. The minimum atomic E-state index is -1.96. The Balaban J connectivity index is 3.14. The lowest BCUT2D eigenvalue weighted by Gasteiger charge is -2.45. The van der Waals surface area contributed by atoms with Crippen molar-refractivity contribution in [2.24, 2.45) is 0 Å². The number of ether oxygens (including phenoxy) is 1. The third-order valence-corrected chi connectivity index (χ3v) is 15.9. The van der Waals surface area contributed by atoms with Crippen molar-refractivity contribution < 1.29 is 18.4 Å². The zero-order chi connectivity index (χ0) is 22.8. The predicted octanol–water partition coefficient (Wildman–Crippen LogP) is 6.61. The molecule has 168 valence electrons. The Morgan fingerprint density at radius 1 is 1.03 bits per heavy atom. The molecule has 0 N–H and O–H groups in total. The smallest absolute Gasteiger partial charge is 0.302 e. The van der Waals surface area contributed by atoms with Gasteiger partial charge in [0.15, 0.2) is 16.6 Å². The summed E-state index contributed by atoms with van der Waals surface area (Å²) in [5.74, 6) is -0.272. The Morgan fingerprint density at radius 3 is 1.97 bits per heavy atom. The van der Waals surface area contributed by atoms with Gasteiger partial charge in [0.1, 0.15) is 6.61 Å². The minimum Gasteiger partial charge on any atom is -0.462 e. The molecular weight excluding hydrogens is 396 g/mol. The Labute approximate surface area is 181 Å². The van der Waals surface area contributed by atoms with Crippen LogP contribution >= 0.6 is 0 Å². The zero-order valence-corrected chi connectivity index (χ0v) is 22.7. The van der Waals surface area contributed by atoms with Gasteiger partial charge in [-0.2, -0.15) is 0 Å². The quantitative estimate of drug-likeness (QED) is 0.344. The molecule has 0 aromatic heterocycles. The van der Waals surface area contributed by atoms with Gasteiger partial charge in [-0.3, -0.25) is 4.79 Å². The van der Waals surface area contributed by atoms with Crippen molar-refractivity contribution in [3.63, 3.8) is 0 Å². The fraction of sp³-hybridized carbons (Fsp3) is 0.783. The van der Waals surface area contributed by atoms with Gasteiger partial charge in [0.25, 0.3) is 0 Å². The molecule has 1 aliphatic rings. The number of carbonyl (C=O) groups is 1. The molecule has 2 atom stereocenters. The van der Waals surface area contributed by atoms with Crippen LogP contribution in [0.2, 0.25) is 36.3 Å². The number of esters is 1. The molecule has 0 radical (unpaired) electrons. The summed E-state index contributed by atoms with van der Waals surface area (Å²) in [7, 11) is -3.86. The lowest BCUT2D eigenvalue weighted by atomic mass is 9.86. The van der Waals surface area contributed by atoms with E-state index in [-0.39, 0.29) is 34.9 Å². The summed E-state index contributed by atoms with van der Waals surface area (Å²) in [6.45, 7) is 28.8. The first-order valence-electron chi connectivity index (χ1n) is 10.7. The molecule has 0 spiro atoms. The van der Waals surface area contributed by atoms with Crippen LogP contribution in [-0.2, 0) is 18.4 Å². The van der Waals surface area contributed by atoms with Gasteiger partial charge >= 0.3 is 5.97 Å². The second kappa shape index (κ2) is 9.20. The fourth-order valence-corrected chi connectivity index (χ4v) is 5.53. The first-order valence-corrected chi connectivity index (χ1v) is 16.6. The van der Waals surface area contributed by atoms with Crippen molar-refractivity contribution >= 4 is 22.6 Å². The summed E-state index contributed by atoms with van der Waals surface area (Å²) < 4.78 is 18.7. The lowest BCUT2D eigenvalue weighted by molar-refractivity contribution is -0.139. The summed E-state index contributed by atoms with van der Waals surface area (Å²) >= 11 is 0. The van der Waals surface area contributed by atoms with Crippen LogP contribution in [0.25, 0.3) is 0 Å². The molecule has 0 amide bonds. The van der Waals surface area contributed by atoms with E-state index in [9.17, 15) is 4.79 Å². The van der Waals surface area contributed by atoms with E-state index in [1.165, 1.54) is 6.92 Å². The van der Waals surface area contributed by atoms with E-state index in [1.807, 2.05) is 6.08 Å². The molecule has 0 bridgehead atoms. The van der Waals surface area contributed by atoms with Gasteiger partial charge in [0.05, 0.1) is 12.2 Å². The highest BCUT2D eigenvalue weighted by Crippen LogP contribution is 2.43. The molecule has 0 aromatic carbocycles. The van der Waals surface area contributed by atoms with Gasteiger partial charge in [-0.25, -0.2) is 0 Å². The molecule has 29 heavy (non-hydrogen) atoms. The van der Waals surface area contributed by atoms with Crippen LogP contribution in [0.5, 0.6) is 0 Å². The number of rotatable bonds is 6. The van der Waals surface area contributed by atoms with Crippen LogP contribution in [0.3, 0.4) is 0 Å². The van der Waals surface area contributed by atoms with Crippen LogP contribution in [-0.4, -0.2) is 41.4 Å². The van der Waals surface area contributed by atoms with Crippen molar-refractivity contribution in [3.8, 4) is 0 Å². The van der Waals surface area contributed by atoms with E-state index in [2.05, 4.69) is 74.3 Å². The van der Waals surface area contributed by atoms with Crippen LogP contribution in [0, 0.1) is 0 Å². The Kier molecular flexibility index (Phi) is 8.36. The van der Waals surface area contributed by atoms with E-state index in [1.54, 1.807) is 0 Å². The van der Waals surface area contributed by atoms with Gasteiger partial charge in [-0.15, -0.1) is 0 Å². The van der Waals surface area contributed by atoms with Crippen molar-refractivity contribution in [1.82, 2.24) is 0 Å². The largest absolute Gasteiger partial charge is 0.462 e. The maximum absolute atomic E-state index is 11.2. The van der Waals surface area contributed by atoms with Crippen molar-refractivity contribution in [3.05, 3.63) is 23.8 Å². The van der Waals surface area contributed by atoms with E-state index in [0.717, 1.165) is 24.0 Å². The number of hydrogen-bond donors (Lipinski definition) is 0. The Morgan fingerprint density at radius 2 is 1.52 bits per heavy atom. The molecule has 6 heteroatoms. The molecule has 0 heterocycles. The average Bonchev–Trinajstić information content (AvgIpc) is 2.48. The molecule has 0 aromatic rings. The first kappa shape index (κ1) is 26.3. The average molecular weight is 441 g/mol. The molecule has 0 unspecified atom stereocenters.